The molecule has 4 aromatic carbocycles. The van der Waals surface area contributed by atoms with Crippen molar-refractivity contribution in [2.45, 2.75) is 82.8 Å². The van der Waals surface area contributed by atoms with Crippen molar-refractivity contribution in [3.8, 4) is 11.5 Å². The van der Waals surface area contributed by atoms with Crippen LogP contribution >= 0.6 is 0 Å². The number of ether oxygens (including phenoxy) is 2. The minimum absolute atomic E-state index is 0.0470. The van der Waals surface area contributed by atoms with Gasteiger partial charge in [0, 0.05) is 36.1 Å². The standard InChI is InChI=1S/C38H44BNO4/c1-36(2)37(3,4)44-39(43-36)38(23-24-38)35(40(26-29-15-9-6-10-16-29)27-30-17-11-7-12-18-30)33-22-21-32(41-5)25-34(33)42-28-31-19-13-8-14-20-31/h6-22,25,35H,23-24,26-28H2,1-5H3. The van der Waals surface area contributed by atoms with Crippen molar-refractivity contribution in [2.75, 3.05) is 7.11 Å². The number of nitrogens with zero attached hydrogens (tertiary/aromatic N) is 1. The van der Waals surface area contributed by atoms with Crippen molar-refractivity contribution >= 4 is 7.12 Å². The van der Waals surface area contributed by atoms with Crippen molar-refractivity contribution < 1.29 is 18.8 Å². The van der Waals surface area contributed by atoms with Crippen LogP contribution in [0.15, 0.2) is 109 Å². The zero-order chi connectivity index (χ0) is 30.8. The molecule has 1 saturated heterocycles. The van der Waals surface area contributed by atoms with Gasteiger partial charge in [0.15, 0.2) is 0 Å². The molecule has 1 atom stereocenters. The van der Waals surface area contributed by atoms with Gasteiger partial charge in [0.05, 0.1) is 18.3 Å². The SMILES string of the molecule is COc1ccc(C(N(Cc2ccccc2)Cc2ccccc2)C2(B3OC(C)(C)C(C)(C)O3)CC2)c(OCc2ccccc2)c1. The predicted molar refractivity (Wildman–Crippen MR) is 177 cm³/mol. The van der Waals surface area contributed by atoms with Gasteiger partial charge in [-0.05, 0) is 63.3 Å². The smallest absolute Gasteiger partial charge is 0.466 e. The highest BCUT2D eigenvalue weighted by Crippen LogP contribution is 2.69. The topological polar surface area (TPSA) is 40.2 Å². The first-order valence-electron chi connectivity index (χ1n) is 15.7. The van der Waals surface area contributed by atoms with E-state index in [0.717, 1.165) is 48.6 Å². The summed E-state index contributed by atoms with van der Waals surface area (Å²) < 4.78 is 26.1. The summed E-state index contributed by atoms with van der Waals surface area (Å²) in [5, 5.41) is -0.256. The summed E-state index contributed by atoms with van der Waals surface area (Å²) in [6.07, 6.45) is 2.00. The van der Waals surface area contributed by atoms with Crippen LogP contribution in [-0.2, 0) is 29.0 Å². The van der Waals surface area contributed by atoms with E-state index in [1.165, 1.54) is 11.1 Å². The Morgan fingerprint density at radius 1 is 0.705 bits per heavy atom. The van der Waals surface area contributed by atoms with Crippen LogP contribution in [0.5, 0.6) is 11.5 Å². The van der Waals surface area contributed by atoms with Crippen LogP contribution in [0.1, 0.15) is 68.8 Å². The van der Waals surface area contributed by atoms with Gasteiger partial charge in [0.2, 0.25) is 0 Å². The zero-order valence-electron chi connectivity index (χ0n) is 26.7. The molecule has 0 aromatic heterocycles. The lowest BCUT2D eigenvalue weighted by Gasteiger charge is -2.40. The molecule has 6 heteroatoms. The second-order valence-corrected chi connectivity index (χ2v) is 13.3. The van der Waals surface area contributed by atoms with E-state index in [0.29, 0.717) is 6.61 Å². The van der Waals surface area contributed by atoms with E-state index in [-0.39, 0.29) is 18.5 Å². The quantitative estimate of drug-likeness (QED) is 0.155. The van der Waals surface area contributed by atoms with Crippen LogP contribution in [0.25, 0.3) is 0 Å². The molecule has 44 heavy (non-hydrogen) atoms. The van der Waals surface area contributed by atoms with Gasteiger partial charge in [-0.1, -0.05) is 97.1 Å². The Morgan fingerprint density at radius 2 is 1.20 bits per heavy atom. The molecule has 0 bridgehead atoms. The van der Waals surface area contributed by atoms with Crippen molar-refractivity contribution in [1.82, 2.24) is 4.90 Å². The number of hydrogen-bond acceptors (Lipinski definition) is 5. The summed E-state index contributed by atoms with van der Waals surface area (Å²) >= 11 is 0. The van der Waals surface area contributed by atoms with Crippen LogP contribution in [0.4, 0.5) is 0 Å². The molecule has 4 aromatic rings. The van der Waals surface area contributed by atoms with E-state index in [4.69, 9.17) is 18.8 Å². The Bertz CT molecular complexity index is 1470. The molecule has 1 unspecified atom stereocenters. The third-order valence-corrected chi connectivity index (χ3v) is 9.67. The van der Waals surface area contributed by atoms with Gasteiger partial charge in [-0.2, -0.15) is 0 Å². The maximum atomic E-state index is 6.84. The maximum Gasteiger partial charge on any atom is 0.466 e. The van der Waals surface area contributed by atoms with E-state index >= 15 is 0 Å². The highest BCUT2D eigenvalue weighted by atomic mass is 16.7. The fourth-order valence-electron chi connectivity index (χ4n) is 6.33. The Kier molecular flexibility index (Phi) is 8.60. The summed E-state index contributed by atoms with van der Waals surface area (Å²) in [5.41, 5.74) is 3.93. The van der Waals surface area contributed by atoms with Crippen molar-refractivity contribution in [2.24, 2.45) is 0 Å². The third kappa shape index (κ3) is 6.30. The van der Waals surface area contributed by atoms with Crippen LogP contribution in [-0.4, -0.2) is 30.3 Å². The largest absolute Gasteiger partial charge is 0.497 e. The van der Waals surface area contributed by atoms with Crippen LogP contribution < -0.4 is 9.47 Å². The van der Waals surface area contributed by atoms with Gasteiger partial charge in [0.25, 0.3) is 0 Å². The van der Waals surface area contributed by atoms with E-state index in [1.807, 2.05) is 24.3 Å². The average Bonchev–Trinajstić information content (AvgIpc) is 3.79. The number of benzene rings is 4. The third-order valence-electron chi connectivity index (χ3n) is 9.67. The molecule has 0 amide bonds. The fourth-order valence-corrected chi connectivity index (χ4v) is 6.33. The molecule has 6 rings (SSSR count). The fraction of sp³-hybridized carbons (Fsp3) is 0.368. The molecule has 1 heterocycles. The lowest BCUT2D eigenvalue weighted by Crippen LogP contribution is -2.41. The van der Waals surface area contributed by atoms with E-state index in [9.17, 15) is 0 Å². The second-order valence-electron chi connectivity index (χ2n) is 13.3. The lowest BCUT2D eigenvalue weighted by molar-refractivity contribution is 0.00578. The lowest BCUT2D eigenvalue weighted by atomic mass is 9.61. The van der Waals surface area contributed by atoms with Gasteiger partial charge >= 0.3 is 7.12 Å². The summed E-state index contributed by atoms with van der Waals surface area (Å²) in [6, 6.07) is 38.0. The molecule has 1 aliphatic carbocycles. The molecule has 1 saturated carbocycles. The highest BCUT2D eigenvalue weighted by molar-refractivity contribution is 6.51. The van der Waals surface area contributed by atoms with Crippen molar-refractivity contribution in [3.63, 3.8) is 0 Å². The Morgan fingerprint density at radius 3 is 1.68 bits per heavy atom. The molecule has 5 nitrogen and oxygen atoms in total. The summed E-state index contributed by atoms with van der Waals surface area (Å²) in [5.74, 6) is 1.60. The van der Waals surface area contributed by atoms with E-state index in [2.05, 4.69) is 118 Å². The van der Waals surface area contributed by atoms with E-state index < -0.39 is 11.2 Å². The maximum absolute atomic E-state index is 6.84. The van der Waals surface area contributed by atoms with Gasteiger partial charge in [-0.25, -0.2) is 0 Å². The molecule has 228 valence electrons. The Labute approximate surface area is 263 Å². The second kappa shape index (κ2) is 12.4. The minimum Gasteiger partial charge on any atom is -0.497 e. The number of hydrogen-bond donors (Lipinski definition) is 0. The molecule has 2 aliphatic rings. The molecule has 0 spiro atoms. The first kappa shape index (κ1) is 30.5. The van der Waals surface area contributed by atoms with Crippen molar-refractivity contribution in [1.29, 1.82) is 0 Å². The highest BCUT2D eigenvalue weighted by Gasteiger charge is 2.68. The first-order chi connectivity index (χ1) is 21.2. The molecule has 0 N–H and O–H groups in total. The zero-order valence-corrected chi connectivity index (χ0v) is 26.7. The summed E-state index contributed by atoms with van der Waals surface area (Å²) in [4.78, 5) is 2.60. The average molecular weight is 590 g/mol. The van der Waals surface area contributed by atoms with Gasteiger partial charge in [-0.3, -0.25) is 4.90 Å². The van der Waals surface area contributed by atoms with Crippen LogP contribution in [0.2, 0.25) is 5.31 Å². The van der Waals surface area contributed by atoms with Gasteiger partial charge < -0.3 is 18.8 Å². The van der Waals surface area contributed by atoms with Crippen LogP contribution in [0.3, 0.4) is 0 Å². The summed E-state index contributed by atoms with van der Waals surface area (Å²) in [6.45, 7) is 10.6. The van der Waals surface area contributed by atoms with Crippen LogP contribution in [0, 0.1) is 0 Å². The molecule has 0 radical (unpaired) electrons. The number of methoxy groups -OCH3 is 1. The molecule has 2 fully saturated rings. The minimum atomic E-state index is -0.423. The molecular formula is C38H44BNO4. The Balaban J connectivity index is 1.47. The monoisotopic (exact) mass is 589 g/mol. The van der Waals surface area contributed by atoms with Gasteiger partial charge in [0.1, 0.15) is 18.1 Å². The van der Waals surface area contributed by atoms with Gasteiger partial charge in [-0.15, -0.1) is 0 Å². The summed E-state index contributed by atoms with van der Waals surface area (Å²) in [7, 11) is 1.35. The Hall–Kier alpha value is -3.58. The van der Waals surface area contributed by atoms with Crippen molar-refractivity contribution in [3.05, 3.63) is 131 Å². The molecular weight excluding hydrogens is 545 g/mol. The predicted octanol–water partition coefficient (Wildman–Crippen LogP) is 8.64. The first-order valence-corrected chi connectivity index (χ1v) is 15.7. The number of rotatable bonds is 12. The molecule has 1 aliphatic heterocycles. The normalized spacial score (nSPS) is 18.6. The van der Waals surface area contributed by atoms with E-state index in [1.54, 1.807) is 7.11 Å².